The number of fused-ring (bicyclic) bond motifs is 1. The van der Waals surface area contributed by atoms with Crippen molar-refractivity contribution in [1.82, 2.24) is 9.62 Å². The molecule has 1 saturated heterocycles. The molecule has 4 rings (SSSR count). The Hall–Kier alpha value is -2.10. The SMILES string of the molecule is CC(C)(NC(=O)C1CCCN(S(=O)(=O)c2cccs2)C1)c1ccc2c(c1)OCO2. The van der Waals surface area contributed by atoms with Crippen molar-refractivity contribution in [1.29, 1.82) is 0 Å². The van der Waals surface area contributed by atoms with Crippen LogP contribution in [0.15, 0.2) is 39.9 Å². The molecular formula is C20H24N2O5S2. The van der Waals surface area contributed by atoms with Crippen molar-refractivity contribution in [2.75, 3.05) is 19.9 Å². The van der Waals surface area contributed by atoms with E-state index in [1.165, 1.54) is 15.6 Å². The first-order valence-corrected chi connectivity index (χ1v) is 11.9. The number of carbonyl (C=O) groups is 1. The lowest BCUT2D eigenvalue weighted by Crippen LogP contribution is -2.49. The lowest BCUT2D eigenvalue weighted by molar-refractivity contribution is -0.127. The molecule has 0 spiro atoms. The summed E-state index contributed by atoms with van der Waals surface area (Å²) in [5.41, 5.74) is 0.265. The zero-order valence-electron chi connectivity index (χ0n) is 16.4. The molecule has 0 aliphatic carbocycles. The zero-order valence-corrected chi connectivity index (χ0v) is 18.0. The number of thiophene rings is 1. The first-order valence-electron chi connectivity index (χ1n) is 9.53. The molecule has 29 heavy (non-hydrogen) atoms. The Bertz CT molecular complexity index is 1000. The maximum Gasteiger partial charge on any atom is 0.252 e. The number of sulfonamides is 1. The number of amides is 1. The van der Waals surface area contributed by atoms with Gasteiger partial charge in [0.15, 0.2) is 11.5 Å². The van der Waals surface area contributed by atoms with E-state index in [1.807, 2.05) is 32.0 Å². The summed E-state index contributed by atoms with van der Waals surface area (Å²) >= 11 is 1.20. The van der Waals surface area contributed by atoms with Gasteiger partial charge in [0.2, 0.25) is 12.7 Å². The Kier molecular flexibility index (Phi) is 5.30. The van der Waals surface area contributed by atoms with Crippen molar-refractivity contribution in [3.8, 4) is 11.5 Å². The van der Waals surface area contributed by atoms with Crippen molar-refractivity contribution in [2.24, 2.45) is 5.92 Å². The van der Waals surface area contributed by atoms with Gasteiger partial charge in [-0.25, -0.2) is 8.42 Å². The smallest absolute Gasteiger partial charge is 0.252 e. The van der Waals surface area contributed by atoms with E-state index in [1.54, 1.807) is 17.5 Å². The molecule has 2 aliphatic rings. The average molecular weight is 437 g/mol. The second-order valence-electron chi connectivity index (χ2n) is 7.82. The largest absolute Gasteiger partial charge is 0.454 e. The normalized spacial score (nSPS) is 19.9. The quantitative estimate of drug-likeness (QED) is 0.779. The molecule has 9 heteroatoms. The minimum absolute atomic E-state index is 0.140. The molecule has 3 heterocycles. The molecular weight excluding hydrogens is 412 g/mol. The van der Waals surface area contributed by atoms with Gasteiger partial charge in [-0.15, -0.1) is 11.3 Å². The van der Waals surface area contributed by atoms with Crippen LogP contribution >= 0.6 is 11.3 Å². The monoisotopic (exact) mass is 436 g/mol. The summed E-state index contributed by atoms with van der Waals surface area (Å²) in [5, 5.41) is 4.83. The summed E-state index contributed by atoms with van der Waals surface area (Å²) in [6.07, 6.45) is 1.33. The van der Waals surface area contributed by atoms with Crippen LogP contribution in [0.5, 0.6) is 11.5 Å². The first-order chi connectivity index (χ1) is 13.8. The van der Waals surface area contributed by atoms with E-state index >= 15 is 0 Å². The second kappa shape index (κ2) is 7.62. The molecule has 7 nitrogen and oxygen atoms in total. The van der Waals surface area contributed by atoms with Gasteiger partial charge in [0, 0.05) is 13.1 Å². The van der Waals surface area contributed by atoms with Crippen LogP contribution in [-0.2, 0) is 20.4 Å². The van der Waals surface area contributed by atoms with Crippen molar-refractivity contribution >= 4 is 27.3 Å². The fraction of sp³-hybridized carbons (Fsp3) is 0.450. The summed E-state index contributed by atoms with van der Waals surface area (Å²) in [6.45, 7) is 4.68. The van der Waals surface area contributed by atoms with Gasteiger partial charge in [0.25, 0.3) is 10.0 Å². The van der Waals surface area contributed by atoms with E-state index in [4.69, 9.17) is 9.47 Å². The van der Waals surface area contributed by atoms with Gasteiger partial charge in [-0.3, -0.25) is 4.79 Å². The van der Waals surface area contributed by atoms with Gasteiger partial charge in [-0.2, -0.15) is 4.31 Å². The molecule has 1 atom stereocenters. The zero-order chi connectivity index (χ0) is 20.6. The lowest BCUT2D eigenvalue weighted by Gasteiger charge is -2.34. The van der Waals surface area contributed by atoms with Crippen LogP contribution in [0.1, 0.15) is 32.3 Å². The second-order valence-corrected chi connectivity index (χ2v) is 10.9. The molecule has 0 saturated carbocycles. The molecule has 2 aliphatic heterocycles. The van der Waals surface area contributed by atoms with Gasteiger partial charge in [-0.05, 0) is 55.8 Å². The first kappa shape index (κ1) is 20.2. The van der Waals surface area contributed by atoms with Crippen LogP contribution < -0.4 is 14.8 Å². The molecule has 0 bridgehead atoms. The van der Waals surface area contributed by atoms with E-state index in [0.717, 1.165) is 5.56 Å². The fourth-order valence-electron chi connectivity index (χ4n) is 3.68. The van der Waals surface area contributed by atoms with Gasteiger partial charge in [0.05, 0.1) is 11.5 Å². The number of benzene rings is 1. The number of nitrogens with zero attached hydrogens (tertiary/aromatic N) is 1. The van der Waals surface area contributed by atoms with Crippen LogP contribution in [0, 0.1) is 5.92 Å². The van der Waals surface area contributed by atoms with Gasteiger partial charge < -0.3 is 14.8 Å². The third-order valence-electron chi connectivity index (χ3n) is 5.37. The molecule has 156 valence electrons. The minimum Gasteiger partial charge on any atom is -0.454 e. The maximum atomic E-state index is 13.0. The summed E-state index contributed by atoms with van der Waals surface area (Å²) in [4.78, 5) is 13.0. The Morgan fingerprint density at radius 3 is 2.79 bits per heavy atom. The lowest BCUT2D eigenvalue weighted by atomic mass is 9.91. The Balaban J connectivity index is 1.46. The summed E-state index contributed by atoms with van der Waals surface area (Å²) < 4.78 is 38.2. The van der Waals surface area contributed by atoms with E-state index < -0.39 is 15.6 Å². The molecule has 1 aromatic carbocycles. The number of rotatable bonds is 5. The molecule has 1 amide bonds. The highest BCUT2D eigenvalue weighted by molar-refractivity contribution is 7.91. The van der Waals surface area contributed by atoms with Crippen LogP contribution in [-0.4, -0.2) is 38.5 Å². The van der Waals surface area contributed by atoms with Crippen molar-refractivity contribution < 1.29 is 22.7 Å². The third kappa shape index (κ3) is 3.99. The minimum atomic E-state index is -3.55. The predicted molar refractivity (Wildman–Crippen MR) is 110 cm³/mol. The molecule has 0 radical (unpaired) electrons. The average Bonchev–Trinajstić information content (AvgIpc) is 3.39. The van der Waals surface area contributed by atoms with E-state index in [0.29, 0.717) is 35.1 Å². The molecule has 1 aromatic heterocycles. The van der Waals surface area contributed by atoms with Crippen LogP contribution in [0.4, 0.5) is 0 Å². The van der Waals surface area contributed by atoms with Gasteiger partial charge in [0.1, 0.15) is 4.21 Å². The summed E-state index contributed by atoms with van der Waals surface area (Å²) in [7, 11) is -3.55. The maximum absolute atomic E-state index is 13.0. The molecule has 1 fully saturated rings. The van der Waals surface area contributed by atoms with E-state index in [2.05, 4.69) is 5.32 Å². The van der Waals surface area contributed by atoms with Crippen LogP contribution in [0.3, 0.4) is 0 Å². The standard InChI is InChI=1S/C20H24N2O5S2/c1-20(2,15-7-8-16-17(11-15)27-13-26-16)21-19(23)14-5-3-9-22(12-14)29(24,25)18-6-4-10-28-18/h4,6-8,10-11,14H,3,5,9,12-13H2,1-2H3,(H,21,23). The highest BCUT2D eigenvalue weighted by Gasteiger charge is 2.36. The Labute approximate surface area is 174 Å². The van der Waals surface area contributed by atoms with Crippen molar-refractivity contribution in [3.63, 3.8) is 0 Å². The molecule has 2 aromatic rings. The van der Waals surface area contributed by atoms with Crippen LogP contribution in [0.25, 0.3) is 0 Å². The molecule has 1 unspecified atom stereocenters. The number of hydrogen-bond acceptors (Lipinski definition) is 6. The number of nitrogens with one attached hydrogen (secondary N) is 1. The van der Waals surface area contributed by atoms with E-state index in [-0.39, 0.29) is 25.2 Å². The number of carbonyl (C=O) groups excluding carboxylic acids is 1. The summed E-state index contributed by atoms with van der Waals surface area (Å²) in [5.74, 6) is 0.832. The Morgan fingerprint density at radius 2 is 2.03 bits per heavy atom. The highest BCUT2D eigenvalue weighted by atomic mass is 32.2. The van der Waals surface area contributed by atoms with Crippen LogP contribution in [0.2, 0.25) is 0 Å². The highest BCUT2D eigenvalue weighted by Crippen LogP contribution is 2.36. The topological polar surface area (TPSA) is 84.9 Å². The van der Waals surface area contributed by atoms with Crippen molar-refractivity contribution in [2.45, 2.75) is 36.4 Å². The summed E-state index contributed by atoms with van der Waals surface area (Å²) in [6, 6.07) is 8.94. The van der Waals surface area contributed by atoms with Crippen molar-refractivity contribution in [3.05, 3.63) is 41.3 Å². The third-order valence-corrected chi connectivity index (χ3v) is 8.61. The number of piperidine rings is 1. The van der Waals surface area contributed by atoms with E-state index in [9.17, 15) is 13.2 Å². The van der Waals surface area contributed by atoms with Gasteiger partial charge >= 0.3 is 0 Å². The molecule has 1 N–H and O–H groups in total. The number of ether oxygens (including phenoxy) is 2. The number of hydrogen-bond donors (Lipinski definition) is 1. The fourth-order valence-corrected chi connectivity index (χ4v) is 6.35. The Morgan fingerprint density at radius 1 is 1.24 bits per heavy atom. The predicted octanol–water partition coefficient (Wildman–Crippen LogP) is 2.93. The van der Waals surface area contributed by atoms with Gasteiger partial charge in [-0.1, -0.05) is 12.1 Å².